The second kappa shape index (κ2) is 5.07. The molecular weight excluding hydrogens is 337 g/mol. The van der Waals surface area contributed by atoms with Crippen molar-refractivity contribution in [2.75, 3.05) is 0 Å². The Bertz CT molecular complexity index is 630. The normalized spacial score (nSPS) is 11.8. The molecule has 2 aromatic carbocycles. The summed E-state index contributed by atoms with van der Waals surface area (Å²) < 4.78 is -1.82. The summed E-state index contributed by atoms with van der Waals surface area (Å²) in [6.07, 6.45) is 0. The van der Waals surface area contributed by atoms with Gasteiger partial charge in [-0.25, -0.2) is 0 Å². The van der Waals surface area contributed by atoms with Gasteiger partial charge in [0.05, 0.1) is 5.56 Å². The molecule has 0 saturated heterocycles. The van der Waals surface area contributed by atoms with Gasteiger partial charge in [0, 0.05) is 10.6 Å². The molecule has 0 atom stereocenters. The van der Waals surface area contributed by atoms with Crippen LogP contribution in [0.25, 0.3) is 10.8 Å². The Labute approximate surface area is 129 Å². The summed E-state index contributed by atoms with van der Waals surface area (Å²) >= 11 is 29.2. The van der Waals surface area contributed by atoms with E-state index < -0.39 is 9.03 Å². The first kappa shape index (κ1) is 14.2. The van der Waals surface area contributed by atoms with Gasteiger partial charge < -0.3 is 0 Å². The molecule has 0 aliphatic heterocycles. The molecule has 94 valence electrons. The number of benzene rings is 2. The van der Waals surface area contributed by atoms with Gasteiger partial charge in [0.25, 0.3) is 5.24 Å². The van der Waals surface area contributed by atoms with Crippen molar-refractivity contribution in [2.24, 2.45) is 0 Å². The molecule has 1 nitrogen and oxygen atoms in total. The van der Waals surface area contributed by atoms with Gasteiger partial charge in [-0.3, -0.25) is 4.79 Å². The average molecular weight is 342 g/mol. The maximum absolute atomic E-state index is 11.6. The minimum Gasteiger partial charge on any atom is -0.276 e. The zero-order valence-corrected chi connectivity index (χ0v) is 12.5. The van der Waals surface area contributed by atoms with E-state index in [-0.39, 0.29) is 16.1 Å². The van der Waals surface area contributed by atoms with E-state index in [9.17, 15) is 4.79 Å². The van der Waals surface area contributed by atoms with Crippen molar-refractivity contribution in [1.82, 2.24) is 0 Å². The van der Waals surface area contributed by atoms with E-state index in [4.69, 9.17) is 58.0 Å². The van der Waals surface area contributed by atoms with Crippen molar-refractivity contribution in [1.29, 1.82) is 0 Å². The van der Waals surface area contributed by atoms with Crippen LogP contribution >= 0.6 is 58.0 Å². The van der Waals surface area contributed by atoms with Crippen molar-refractivity contribution in [3.05, 3.63) is 46.5 Å². The Morgan fingerprint density at radius 2 is 1.72 bits per heavy atom. The average Bonchev–Trinajstić information content (AvgIpc) is 2.25. The van der Waals surface area contributed by atoms with Crippen LogP contribution in [0.3, 0.4) is 0 Å². The molecule has 0 saturated carbocycles. The number of carbonyl (C=O) groups excluding carboxylic acids is 1. The third-order valence-electron chi connectivity index (χ3n) is 2.48. The highest BCUT2D eigenvalue weighted by Crippen LogP contribution is 2.46. The fraction of sp³-hybridized carbons (Fsp3) is 0.0833. The van der Waals surface area contributed by atoms with E-state index in [2.05, 4.69) is 0 Å². The van der Waals surface area contributed by atoms with E-state index in [1.807, 2.05) is 6.07 Å². The molecule has 0 bridgehead atoms. The Balaban J connectivity index is 2.97. The molecule has 0 fully saturated rings. The Morgan fingerprint density at radius 1 is 1.11 bits per heavy atom. The van der Waals surface area contributed by atoms with E-state index in [0.717, 1.165) is 5.39 Å². The van der Waals surface area contributed by atoms with Crippen molar-refractivity contribution < 1.29 is 4.79 Å². The summed E-state index contributed by atoms with van der Waals surface area (Å²) in [4.78, 5) is 11.6. The first-order chi connectivity index (χ1) is 8.32. The van der Waals surface area contributed by atoms with Crippen molar-refractivity contribution >= 4 is 74.0 Å². The largest absolute Gasteiger partial charge is 0.276 e. The topological polar surface area (TPSA) is 17.1 Å². The SMILES string of the molecule is O=C(Cl)c1c(C(Cl)(Cl)Cl)c(Cl)cc2ccccc12. The quantitative estimate of drug-likeness (QED) is 0.480. The maximum Gasteiger partial charge on any atom is 0.253 e. The van der Waals surface area contributed by atoms with Crippen LogP contribution in [0.2, 0.25) is 5.02 Å². The van der Waals surface area contributed by atoms with Crippen LogP contribution in [0.1, 0.15) is 15.9 Å². The summed E-state index contributed by atoms with van der Waals surface area (Å²) in [6, 6.07) is 8.74. The number of carbonyl (C=O) groups is 1. The van der Waals surface area contributed by atoms with E-state index >= 15 is 0 Å². The van der Waals surface area contributed by atoms with Gasteiger partial charge >= 0.3 is 0 Å². The number of fused-ring (bicyclic) bond motifs is 1. The van der Waals surface area contributed by atoms with Gasteiger partial charge in [-0.2, -0.15) is 0 Å². The van der Waals surface area contributed by atoms with E-state index in [0.29, 0.717) is 5.39 Å². The molecule has 0 spiro atoms. The first-order valence-electron chi connectivity index (χ1n) is 4.80. The summed E-state index contributed by atoms with van der Waals surface area (Å²) in [5.74, 6) is 0. The van der Waals surface area contributed by atoms with Crippen LogP contribution < -0.4 is 0 Å². The smallest absolute Gasteiger partial charge is 0.253 e. The van der Waals surface area contributed by atoms with Gasteiger partial charge in [-0.05, 0) is 28.4 Å². The molecule has 6 heteroatoms. The molecule has 0 aromatic heterocycles. The van der Waals surface area contributed by atoms with Gasteiger partial charge in [0.2, 0.25) is 3.79 Å². The predicted molar refractivity (Wildman–Crippen MR) is 78.4 cm³/mol. The van der Waals surface area contributed by atoms with Gasteiger partial charge in [0.15, 0.2) is 0 Å². The second-order valence-corrected chi connectivity index (χ2v) is 6.63. The molecule has 0 heterocycles. The molecule has 18 heavy (non-hydrogen) atoms. The number of hydrogen-bond donors (Lipinski definition) is 0. The zero-order chi connectivity index (χ0) is 13.5. The Kier molecular flexibility index (Phi) is 4.01. The van der Waals surface area contributed by atoms with Crippen molar-refractivity contribution in [3.8, 4) is 0 Å². The van der Waals surface area contributed by atoms with Crippen LogP contribution in [0.15, 0.2) is 30.3 Å². The van der Waals surface area contributed by atoms with Crippen LogP contribution in [-0.4, -0.2) is 5.24 Å². The molecule has 0 aliphatic carbocycles. The van der Waals surface area contributed by atoms with E-state index in [1.165, 1.54) is 0 Å². The molecule has 0 N–H and O–H groups in total. The number of rotatable bonds is 1. The summed E-state index contributed by atoms with van der Waals surface area (Å²) in [5.41, 5.74) is 0.229. The van der Waals surface area contributed by atoms with Gasteiger partial charge in [-0.1, -0.05) is 70.7 Å². The molecular formula is C12H5Cl5O. The third kappa shape index (κ3) is 2.56. The molecule has 0 amide bonds. The highest BCUT2D eigenvalue weighted by molar-refractivity contribution is 6.71. The van der Waals surface area contributed by atoms with E-state index in [1.54, 1.807) is 24.3 Å². The minimum atomic E-state index is -1.82. The molecule has 0 unspecified atom stereocenters. The summed E-state index contributed by atoms with van der Waals surface area (Å²) in [6.45, 7) is 0. The molecule has 0 radical (unpaired) electrons. The summed E-state index contributed by atoms with van der Waals surface area (Å²) in [7, 11) is 0. The van der Waals surface area contributed by atoms with Gasteiger partial charge in [0.1, 0.15) is 0 Å². The highest BCUT2D eigenvalue weighted by Gasteiger charge is 2.32. The number of halogens is 5. The fourth-order valence-electron chi connectivity index (χ4n) is 1.79. The van der Waals surface area contributed by atoms with Crippen molar-refractivity contribution in [3.63, 3.8) is 0 Å². The van der Waals surface area contributed by atoms with Gasteiger partial charge in [-0.15, -0.1) is 0 Å². The molecule has 0 aliphatic rings. The van der Waals surface area contributed by atoms with Crippen LogP contribution in [-0.2, 0) is 3.79 Å². The highest BCUT2D eigenvalue weighted by atomic mass is 35.6. The van der Waals surface area contributed by atoms with Crippen molar-refractivity contribution in [2.45, 2.75) is 3.79 Å². The second-order valence-electron chi connectivity index (χ2n) is 3.60. The Morgan fingerprint density at radius 3 is 2.28 bits per heavy atom. The predicted octanol–water partition coefficient (Wildman–Crippen LogP) is 5.70. The molecule has 2 rings (SSSR count). The zero-order valence-electron chi connectivity index (χ0n) is 8.68. The minimum absolute atomic E-state index is 0.105. The fourth-order valence-corrected chi connectivity index (χ4v) is 3.08. The maximum atomic E-state index is 11.6. The lowest BCUT2D eigenvalue weighted by atomic mass is 10.0. The summed E-state index contributed by atoms with van der Waals surface area (Å²) in [5, 5.41) is 0.834. The van der Waals surface area contributed by atoms with Crippen LogP contribution in [0, 0.1) is 0 Å². The lowest BCUT2D eigenvalue weighted by molar-refractivity contribution is 0.108. The monoisotopic (exact) mass is 340 g/mol. The van der Waals surface area contributed by atoms with Crippen LogP contribution in [0.4, 0.5) is 0 Å². The lowest BCUT2D eigenvalue weighted by Crippen LogP contribution is -2.09. The lowest BCUT2D eigenvalue weighted by Gasteiger charge is -2.18. The number of hydrogen-bond acceptors (Lipinski definition) is 1. The number of alkyl halides is 3. The van der Waals surface area contributed by atoms with Crippen LogP contribution in [0.5, 0.6) is 0 Å². The Hall–Kier alpha value is -0.180. The standard InChI is InChI=1S/C12H5Cl5O/c13-8-5-6-3-1-2-4-7(6)9(11(14)18)10(8)12(15,16)17/h1-5H. The molecule has 2 aromatic rings. The first-order valence-corrected chi connectivity index (χ1v) is 6.69. The third-order valence-corrected chi connectivity index (χ3v) is 3.54.